The molecule has 2 aromatic carbocycles. The molecular formula is C21H24FN3O3S. The van der Waals surface area contributed by atoms with E-state index in [0.717, 1.165) is 5.75 Å². The van der Waals surface area contributed by atoms with Crippen molar-refractivity contribution in [2.24, 2.45) is 0 Å². The summed E-state index contributed by atoms with van der Waals surface area (Å²) in [4.78, 5) is 21.0. The van der Waals surface area contributed by atoms with Crippen molar-refractivity contribution in [3.8, 4) is 11.5 Å². The number of amides is 1. The fourth-order valence-electron chi connectivity index (χ4n) is 2.65. The summed E-state index contributed by atoms with van der Waals surface area (Å²) in [6.45, 7) is 3.51. The van der Waals surface area contributed by atoms with E-state index in [1.54, 1.807) is 35.2 Å². The van der Waals surface area contributed by atoms with Gasteiger partial charge in [0.25, 0.3) is 5.91 Å². The Hall–Kier alpha value is -2.71. The summed E-state index contributed by atoms with van der Waals surface area (Å²) in [5.41, 5.74) is 0.668. The quantitative estimate of drug-likeness (QED) is 0.530. The summed E-state index contributed by atoms with van der Waals surface area (Å²) in [7, 11) is 3.87. The number of likely N-dealkylation sites (N-methyl/N-ethyl adjacent to an activating group) is 1. The molecule has 3 aromatic rings. The lowest BCUT2D eigenvalue weighted by Crippen LogP contribution is -2.39. The predicted molar refractivity (Wildman–Crippen MR) is 114 cm³/mol. The number of carbonyl (C=O) groups excluding carboxylic acids is 1. The van der Waals surface area contributed by atoms with Crippen LogP contribution < -0.4 is 14.4 Å². The molecule has 0 aliphatic carbocycles. The number of rotatable bonds is 9. The van der Waals surface area contributed by atoms with Crippen molar-refractivity contribution in [3.63, 3.8) is 0 Å². The smallest absolute Gasteiger partial charge is 0.266 e. The van der Waals surface area contributed by atoms with Gasteiger partial charge in [-0.3, -0.25) is 9.69 Å². The van der Waals surface area contributed by atoms with Gasteiger partial charge >= 0.3 is 0 Å². The Labute approximate surface area is 173 Å². The number of halogens is 1. The molecule has 6 nitrogen and oxygen atoms in total. The van der Waals surface area contributed by atoms with Crippen molar-refractivity contribution in [1.82, 2.24) is 9.88 Å². The average Bonchev–Trinajstić information content (AvgIpc) is 3.10. The third kappa shape index (κ3) is 5.65. The van der Waals surface area contributed by atoms with Crippen LogP contribution in [0.2, 0.25) is 0 Å². The summed E-state index contributed by atoms with van der Waals surface area (Å²) >= 11 is 1.29. The standard InChI is InChI=1S/C21H24FN3O3S/c1-4-27-16-6-8-17(9-7-16)28-14-20(26)25(12-11-24(2)3)21-23-18-10-5-15(22)13-19(18)29-21/h5-10,13H,4,11-12,14H2,1-3H3. The Bertz CT molecular complexity index is 959. The van der Waals surface area contributed by atoms with Crippen molar-refractivity contribution in [2.75, 3.05) is 45.3 Å². The van der Waals surface area contributed by atoms with Gasteiger partial charge in [0.1, 0.15) is 17.3 Å². The van der Waals surface area contributed by atoms with Gasteiger partial charge < -0.3 is 14.4 Å². The van der Waals surface area contributed by atoms with E-state index < -0.39 is 0 Å². The van der Waals surface area contributed by atoms with Crippen LogP contribution in [-0.4, -0.2) is 56.2 Å². The van der Waals surface area contributed by atoms with Gasteiger partial charge in [-0.2, -0.15) is 0 Å². The second kappa shape index (κ2) is 9.67. The molecule has 0 fully saturated rings. The number of hydrogen-bond donors (Lipinski definition) is 0. The molecular weight excluding hydrogens is 393 g/mol. The molecule has 0 bridgehead atoms. The molecule has 154 valence electrons. The topological polar surface area (TPSA) is 54.9 Å². The van der Waals surface area contributed by atoms with E-state index in [1.165, 1.54) is 23.5 Å². The number of benzene rings is 2. The largest absolute Gasteiger partial charge is 0.494 e. The molecule has 3 rings (SSSR count). The maximum Gasteiger partial charge on any atom is 0.266 e. The molecule has 0 unspecified atom stereocenters. The molecule has 0 radical (unpaired) electrons. The van der Waals surface area contributed by atoms with Crippen LogP contribution in [0.15, 0.2) is 42.5 Å². The molecule has 0 spiro atoms. The minimum Gasteiger partial charge on any atom is -0.494 e. The van der Waals surface area contributed by atoms with E-state index in [9.17, 15) is 9.18 Å². The van der Waals surface area contributed by atoms with Crippen molar-refractivity contribution >= 4 is 32.6 Å². The SMILES string of the molecule is CCOc1ccc(OCC(=O)N(CCN(C)C)c2nc3ccc(F)cc3s2)cc1. The first-order valence-electron chi connectivity index (χ1n) is 9.33. The van der Waals surface area contributed by atoms with E-state index in [-0.39, 0.29) is 18.3 Å². The summed E-state index contributed by atoms with van der Waals surface area (Å²) in [6.07, 6.45) is 0. The molecule has 29 heavy (non-hydrogen) atoms. The number of anilines is 1. The van der Waals surface area contributed by atoms with Gasteiger partial charge in [0, 0.05) is 13.1 Å². The summed E-state index contributed by atoms with van der Waals surface area (Å²) < 4.78 is 25.3. The number of ether oxygens (including phenoxy) is 2. The van der Waals surface area contributed by atoms with Crippen molar-refractivity contribution in [2.45, 2.75) is 6.92 Å². The third-order valence-electron chi connectivity index (χ3n) is 4.14. The highest BCUT2D eigenvalue weighted by Crippen LogP contribution is 2.29. The van der Waals surface area contributed by atoms with Crippen LogP contribution in [-0.2, 0) is 4.79 Å². The molecule has 0 aliphatic heterocycles. The van der Waals surface area contributed by atoms with Crippen LogP contribution in [0.5, 0.6) is 11.5 Å². The molecule has 1 aromatic heterocycles. The number of thiazole rings is 1. The number of fused-ring (bicyclic) bond motifs is 1. The van der Waals surface area contributed by atoms with Gasteiger partial charge in [-0.15, -0.1) is 0 Å². The predicted octanol–water partition coefficient (Wildman–Crippen LogP) is 3.81. The van der Waals surface area contributed by atoms with Crippen molar-refractivity contribution in [3.05, 3.63) is 48.3 Å². The minimum absolute atomic E-state index is 0.119. The van der Waals surface area contributed by atoms with E-state index in [2.05, 4.69) is 4.98 Å². The number of nitrogens with zero attached hydrogens (tertiary/aromatic N) is 3. The molecule has 1 heterocycles. The van der Waals surface area contributed by atoms with Crippen LogP contribution in [0.1, 0.15) is 6.92 Å². The van der Waals surface area contributed by atoms with Gasteiger partial charge in [0.05, 0.1) is 16.8 Å². The fraction of sp³-hybridized carbons (Fsp3) is 0.333. The van der Waals surface area contributed by atoms with Crippen LogP contribution in [0.3, 0.4) is 0 Å². The van der Waals surface area contributed by atoms with Gasteiger partial charge in [-0.25, -0.2) is 9.37 Å². The average molecular weight is 418 g/mol. The maximum absolute atomic E-state index is 13.5. The first-order chi connectivity index (χ1) is 14.0. The van der Waals surface area contributed by atoms with Crippen molar-refractivity contribution in [1.29, 1.82) is 0 Å². The Balaban J connectivity index is 1.73. The Morgan fingerprint density at radius 1 is 1.07 bits per heavy atom. The molecule has 1 amide bonds. The molecule has 0 aliphatic rings. The monoisotopic (exact) mass is 417 g/mol. The lowest BCUT2D eigenvalue weighted by Gasteiger charge is -2.22. The highest BCUT2D eigenvalue weighted by molar-refractivity contribution is 7.22. The van der Waals surface area contributed by atoms with E-state index in [1.807, 2.05) is 25.9 Å². The zero-order valence-electron chi connectivity index (χ0n) is 16.7. The Morgan fingerprint density at radius 3 is 2.41 bits per heavy atom. The molecule has 0 atom stereocenters. The van der Waals surface area contributed by atoms with E-state index in [4.69, 9.17) is 9.47 Å². The van der Waals surface area contributed by atoms with Gasteiger partial charge in [-0.1, -0.05) is 11.3 Å². The van der Waals surface area contributed by atoms with E-state index >= 15 is 0 Å². The maximum atomic E-state index is 13.5. The Kier molecular flexibility index (Phi) is 7.00. The highest BCUT2D eigenvalue weighted by Gasteiger charge is 2.20. The van der Waals surface area contributed by atoms with Crippen LogP contribution in [0.25, 0.3) is 10.2 Å². The van der Waals surface area contributed by atoms with Crippen LogP contribution in [0, 0.1) is 5.82 Å². The van der Waals surface area contributed by atoms with Crippen LogP contribution >= 0.6 is 11.3 Å². The minimum atomic E-state index is -0.322. The first-order valence-corrected chi connectivity index (χ1v) is 10.1. The lowest BCUT2D eigenvalue weighted by molar-refractivity contribution is -0.120. The summed E-state index contributed by atoms with van der Waals surface area (Å²) in [5.74, 6) is 0.805. The first kappa shape index (κ1) is 21.0. The lowest BCUT2D eigenvalue weighted by atomic mass is 10.3. The van der Waals surface area contributed by atoms with Gasteiger partial charge in [-0.05, 0) is 63.5 Å². The second-order valence-corrected chi connectivity index (χ2v) is 7.66. The van der Waals surface area contributed by atoms with Crippen molar-refractivity contribution < 1.29 is 18.7 Å². The molecule has 0 saturated carbocycles. The Morgan fingerprint density at radius 2 is 1.76 bits per heavy atom. The number of carbonyl (C=O) groups is 1. The number of hydrogen-bond acceptors (Lipinski definition) is 6. The fourth-order valence-corrected chi connectivity index (χ4v) is 3.68. The molecule has 0 saturated heterocycles. The summed E-state index contributed by atoms with van der Waals surface area (Å²) in [5, 5.41) is 0.535. The normalized spacial score (nSPS) is 11.1. The zero-order valence-corrected chi connectivity index (χ0v) is 17.5. The zero-order chi connectivity index (χ0) is 20.8. The second-order valence-electron chi connectivity index (χ2n) is 6.65. The van der Waals surface area contributed by atoms with Gasteiger partial charge in [0.15, 0.2) is 11.7 Å². The van der Waals surface area contributed by atoms with Crippen LogP contribution in [0.4, 0.5) is 9.52 Å². The molecule has 8 heteroatoms. The third-order valence-corrected chi connectivity index (χ3v) is 5.18. The molecule has 0 N–H and O–H groups in total. The summed E-state index contributed by atoms with van der Waals surface area (Å²) in [6, 6.07) is 11.6. The van der Waals surface area contributed by atoms with E-state index in [0.29, 0.717) is 40.8 Å². The highest BCUT2D eigenvalue weighted by atomic mass is 32.1. The van der Waals surface area contributed by atoms with Gasteiger partial charge in [0.2, 0.25) is 0 Å². The number of aromatic nitrogens is 1.